The van der Waals surface area contributed by atoms with Crippen molar-refractivity contribution in [2.45, 2.75) is 46.3 Å². The summed E-state index contributed by atoms with van der Waals surface area (Å²) in [7, 11) is 0. The number of hydrogen-bond acceptors (Lipinski definition) is 4. The molecule has 110 valence electrons. The van der Waals surface area contributed by atoms with Gasteiger partial charge in [0, 0.05) is 12.2 Å². The average molecular weight is 276 g/mol. The molecule has 0 radical (unpaired) electrons. The zero-order chi connectivity index (χ0) is 14.9. The Kier molecular flexibility index (Phi) is 4.28. The van der Waals surface area contributed by atoms with Crippen molar-refractivity contribution in [3.63, 3.8) is 0 Å². The van der Waals surface area contributed by atoms with Crippen molar-refractivity contribution in [1.82, 2.24) is 14.5 Å². The Morgan fingerprint density at radius 3 is 2.55 bits per heavy atom. The van der Waals surface area contributed by atoms with Gasteiger partial charge in [-0.15, -0.1) is 0 Å². The topological polar surface area (TPSA) is 77.0 Å². The highest BCUT2D eigenvalue weighted by Crippen LogP contribution is 2.29. The van der Waals surface area contributed by atoms with Crippen molar-refractivity contribution in [3.8, 4) is 0 Å². The van der Waals surface area contributed by atoms with Crippen molar-refractivity contribution >= 4 is 16.9 Å². The highest BCUT2D eigenvalue weighted by molar-refractivity contribution is 5.86. The van der Waals surface area contributed by atoms with Gasteiger partial charge in [0.2, 0.25) is 0 Å². The lowest BCUT2D eigenvalue weighted by atomic mass is 9.89. The Labute approximate surface area is 119 Å². The minimum atomic E-state index is -0.274. The summed E-state index contributed by atoms with van der Waals surface area (Å²) >= 11 is 0. The molecule has 0 saturated carbocycles. The zero-order valence-corrected chi connectivity index (χ0v) is 12.6. The van der Waals surface area contributed by atoms with E-state index in [-0.39, 0.29) is 12.0 Å². The van der Waals surface area contributed by atoms with Crippen LogP contribution in [0.2, 0.25) is 0 Å². The van der Waals surface area contributed by atoms with E-state index in [0.29, 0.717) is 17.8 Å². The number of aromatic nitrogens is 3. The van der Waals surface area contributed by atoms with Gasteiger partial charge >= 0.3 is 0 Å². The van der Waals surface area contributed by atoms with Gasteiger partial charge in [-0.25, -0.2) is 9.97 Å². The third-order valence-electron chi connectivity index (χ3n) is 4.37. The fourth-order valence-electron chi connectivity index (χ4n) is 2.57. The number of nitrogens with zero attached hydrogens (tertiary/aromatic N) is 3. The van der Waals surface area contributed by atoms with E-state index in [0.717, 1.165) is 17.5 Å². The molecular weight excluding hydrogens is 252 g/mol. The van der Waals surface area contributed by atoms with Crippen LogP contribution >= 0.6 is 0 Å². The molecule has 0 fully saturated rings. The summed E-state index contributed by atoms with van der Waals surface area (Å²) < 4.78 is 2.15. The lowest BCUT2D eigenvalue weighted by molar-refractivity contribution is 0.114. The van der Waals surface area contributed by atoms with E-state index in [2.05, 4.69) is 35.3 Å². The monoisotopic (exact) mass is 276 g/mol. The maximum absolute atomic E-state index is 9.65. The quantitative estimate of drug-likeness (QED) is 0.880. The summed E-state index contributed by atoms with van der Waals surface area (Å²) in [5.74, 6) is 1.24. The zero-order valence-electron chi connectivity index (χ0n) is 12.6. The Balaban J connectivity index is 2.23. The molecule has 4 atom stereocenters. The number of rotatable bonds is 5. The van der Waals surface area contributed by atoms with Gasteiger partial charge in [0.05, 0.1) is 11.5 Å². The van der Waals surface area contributed by atoms with Gasteiger partial charge < -0.3 is 15.4 Å². The van der Waals surface area contributed by atoms with Crippen LogP contribution in [-0.4, -0.2) is 25.7 Å². The normalized spacial score (nSPS) is 17.9. The number of hydrogen-bond donors (Lipinski definition) is 2. The van der Waals surface area contributed by atoms with Crippen LogP contribution in [0, 0.1) is 11.8 Å². The molecule has 2 aromatic heterocycles. The number of anilines is 1. The number of nitrogen functional groups attached to an aromatic ring is 1. The number of nitrogens with two attached hydrogens (primary N) is 1. The van der Waals surface area contributed by atoms with Crippen molar-refractivity contribution in [2.24, 2.45) is 11.8 Å². The first-order valence-corrected chi connectivity index (χ1v) is 7.17. The molecule has 20 heavy (non-hydrogen) atoms. The van der Waals surface area contributed by atoms with Crippen LogP contribution < -0.4 is 5.73 Å². The van der Waals surface area contributed by atoms with Crippen LogP contribution in [0.25, 0.3) is 11.0 Å². The van der Waals surface area contributed by atoms with Gasteiger partial charge in [0.1, 0.15) is 17.8 Å². The van der Waals surface area contributed by atoms with E-state index in [9.17, 15) is 5.11 Å². The first-order chi connectivity index (χ1) is 9.41. The highest BCUT2D eigenvalue weighted by Gasteiger charge is 2.21. The minimum absolute atomic E-state index is 0.274. The van der Waals surface area contributed by atoms with Crippen LogP contribution in [0.3, 0.4) is 0 Å². The molecule has 0 bridgehead atoms. The Morgan fingerprint density at radius 2 is 1.90 bits per heavy atom. The number of aliphatic hydroxyl groups is 1. The van der Waals surface area contributed by atoms with Crippen molar-refractivity contribution in [2.75, 3.05) is 5.73 Å². The molecule has 0 aliphatic heterocycles. The number of fused-ring (bicyclic) bond motifs is 1. The highest BCUT2D eigenvalue weighted by atomic mass is 16.3. The maximum atomic E-state index is 9.65. The molecule has 0 aliphatic rings. The van der Waals surface area contributed by atoms with Crippen LogP contribution in [-0.2, 0) is 0 Å². The fraction of sp³-hybridized carbons (Fsp3) is 0.600. The summed E-state index contributed by atoms with van der Waals surface area (Å²) in [4.78, 5) is 8.36. The van der Waals surface area contributed by atoms with Crippen molar-refractivity contribution < 1.29 is 5.11 Å². The molecule has 0 amide bonds. The lowest BCUT2D eigenvalue weighted by Crippen LogP contribution is -2.21. The van der Waals surface area contributed by atoms with E-state index in [1.54, 1.807) is 0 Å². The molecule has 2 aromatic rings. The minimum Gasteiger partial charge on any atom is -0.393 e. The maximum Gasteiger partial charge on any atom is 0.145 e. The van der Waals surface area contributed by atoms with Crippen molar-refractivity contribution in [3.05, 3.63) is 18.6 Å². The second-order valence-electron chi connectivity index (χ2n) is 5.89. The first kappa shape index (κ1) is 14.8. The molecule has 2 rings (SSSR count). The largest absolute Gasteiger partial charge is 0.393 e. The van der Waals surface area contributed by atoms with E-state index in [1.807, 2.05) is 19.2 Å². The summed E-state index contributed by atoms with van der Waals surface area (Å²) in [5, 5.41) is 10.5. The second kappa shape index (κ2) is 5.79. The first-order valence-electron chi connectivity index (χ1n) is 7.17. The van der Waals surface area contributed by atoms with Gasteiger partial charge in [-0.1, -0.05) is 13.8 Å². The second-order valence-corrected chi connectivity index (χ2v) is 5.89. The average Bonchev–Trinajstić information content (AvgIpc) is 2.82. The Bertz CT molecular complexity index is 578. The summed E-state index contributed by atoms with van der Waals surface area (Å²) in [5.41, 5.74) is 6.75. The third kappa shape index (κ3) is 2.77. The molecule has 2 heterocycles. The molecule has 5 heteroatoms. The Hall–Kier alpha value is -1.62. The van der Waals surface area contributed by atoms with E-state index in [4.69, 9.17) is 5.73 Å². The molecular formula is C15H24N4O. The Morgan fingerprint density at radius 1 is 1.20 bits per heavy atom. The molecule has 0 saturated heterocycles. The SMILES string of the molecule is C[C@H](O)[C@@H](C)C[C@H](C)[C@@H](C)n1ccc2c(N)ncnc21. The van der Waals surface area contributed by atoms with E-state index in [1.165, 1.54) is 6.33 Å². The molecule has 0 spiro atoms. The third-order valence-corrected chi connectivity index (χ3v) is 4.37. The molecule has 0 aliphatic carbocycles. The van der Waals surface area contributed by atoms with Crippen LogP contribution in [0.4, 0.5) is 5.82 Å². The summed E-state index contributed by atoms with van der Waals surface area (Å²) in [6.07, 6.45) is 4.22. The molecule has 0 aromatic carbocycles. The summed E-state index contributed by atoms with van der Waals surface area (Å²) in [6, 6.07) is 2.26. The van der Waals surface area contributed by atoms with Crippen LogP contribution in [0.15, 0.2) is 18.6 Å². The van der Waals surface area contributed by atoms with E-state index < -0.39 is 0 Å². The molecule has 0 unspecified atom stereocenters. The molecule has 5 nitrogen and oxygen atoms in total. The predicted octanol–water partition coefficient (Wildman–Crippen LogP) is 2.62. The van der Waals surface area contributed by atoms with Gasteiger partial charge in [-0.3, -0.25) is 0 Å². The predicted molar refractivity (Wildman–Crippen MR) is 81.3 cm³/mol. The van der Waals surface area contributed by atoms with E-state index >= 15 is 0 Å². The van der Waals surface area contributed by atoms with Crippen molar-refractivity contribution in [1.29, 1.82) is 0 Å². The number of aliphatic hydroxyl groups excluding tert-OH is 1. The van der Waals surface area contributed by atoms with Gasteiger partial charge in [-0.05, 0) is 38.2 Å². The smallest absolute Gasteiger partial charge is 0.145 e. The fourth-order valence-corrected chi connectivity index (χ4v) is 2.57. The lowest BCUT2D eigenvalue weighted by Gasteiger charge is -2.26. The molecule has 3 N–H and O–H groups in total. The standard InChI is InChI=1S/C15H24N4O/c1-9(7-10(2)12(4)20)11(3)19-6-5-13-14(16)17-8-18-15(13)19/h5-6,8-12,20H,7H2,1-4H3,(H2,16,17,18)/t9-,10-,11+,12-/m0/s1. The van der Waals surface area contributed by atoms with Gasteiger partial charge in [-0.2, -0.15) is 0 Å². The van der Waals surface area contributed by atoms with Crippen LogP contribution in [0.1, 0.15) is 40.2 Å². The summed E-state index contributed by atoms with van der Waals surface area (Å²) in [6.45, 7) is 8.32. The van der Waals surface area contributed by atoms with Gasteiger partial charge in [0.15, 0.2) is 0 Å². The van der Waals surface area contributed by atoms with Crippen LogP contribution in [0.5, 0.6) is 0 Å². The van der Waals surface area contributed by atoms with Gasteiger partial charge in [0.25, 0.3) is 0 Å².